The minimum absolute atomic E-state index is 0.00273. The predicted molar refractivity (Wildman–Crippen MR) is 104 cm³/mol. The van der Waals surface area contributed by atoms with Gasteiger partial charge in [-0.1, -0.05) is 0 Å². The molecule has 3 aliphatic rings. The number of carbonyl (C=O) groups is 2. The van der Waals surface area contributed by atoms with Gasteiger partial charge in [-0.15, -0.1) is 0 Å². The Labute approximate surface area is 177 Å². The molecule has 0 unspecified atom stereocenters. The molecule has 0 radical (unpaired) electrons. The summed E-state index contributed by atoms with van der Waals surface area (Å²) >= 11 is 0. The van der Waals surface area contributed by atoms with Gasteiger partial charge >= 0.3 is 12.3 Å². The van der Waals surface area contributed by atoms with Gasteiger partial charge in [-0.3, -0.25) is 9.69 Å². The Kier molecular flexibility index (Phi) is 5.41. The number of nitrogens with zero attached hydrogens (tertiary/aromatic N) is 1. The zero-order valence-corrected chi connectivity index (χ0v) is 17.3. The molecule has 10 heteroatoms. The number of ether oxygens (including phenoxy) is 2. The molecular weight excluding hydrogens is 417 g/mol. The first-order chi connectivity index (χ1) is 14.4. The third kappa shape index (κ3) is 4.50. The van der Waals surface area contributed by atoms with E-state index in [1.54, 1.807) is 6.92 Å². The van der Waals surface area contributed by atoms with Crippen LogP contribution in [-0.2, 0) is 22.3 Å². The van der Waals surface area contributed by atoms with E-state index in [4.69, 9.17) is 9.47 Å². The van der Waals surface area contributed by atoms with Crippen molar-refractivity contribution in [3.05, 3.63) is 23.3 Å². The molecule has 1 saturated carbocycles. The monoisotopic (exact) mass is 442 g/mol. The Morgan fingerprint density at radius 2 is 2.00 bits per heavy atom. The van der Waals surface area contributed by atoms with Crippen LogP contribution < -0.4 is 15.0 Å². The van der Waals surface area contributed by atoms with Gasteiger partial charge in [0.05, 0.1) is 16.9 Å². The van der Waals surface area contributed by atoms with Crippen LogP contribution in [0.2, 0.25) is 0 Å². The number of nitrogens with one attached hydrogen (secondary N) is 1. The topological polar surface area (TPSA) is 88.1 Å². The van der Waals surface area contributed by atoms with Gasteiger partial charge in [-0.25, -0.2) is 4.79 Å². The summed E-state index contributed by atoms with van der Waals surface area (Å²) < 4.78 is 52.6. The minimum Gasteiger partial charge on any atom is -0.492 e. The average molecular weight is 442 g/mol. The number of benzene rings is 1. The number of hydrogen-bond acceptors (Lipinski definition) is 6. The predicted octanol–water partition coefficient (Wildman–Crippen LogP) is 3.16. The largest absolute Gasteiger partial charge is 0.492 e. The molecule has 2 aliphatic heterocycles. The molecule has 1 saturated heterocycles. The number of fused-ring (bicyclic) bond motifs is 1. The van der Waals surface area contributed by atoms with E-state index in [1.165, 1.54) is 6.07 Å². The van der Waals surface area contributed by atoms with Crippen molar-refractivity contribution in [2.24, 2.45) is 0 Å². The number of aliphatic hydroxyl groups is 1. The Balaban J connectivity index is 1.62. The molecule has 2 heterocycles. The number of halogens is 3. The molecule has 0 spiro atoms. The number of anilines is 1. The van der Waals surface area contributed by atoms with Gasteiger partial charge < -0.3 is 19.9 Å². The second-order valence-corrected chi connectivity index (χ2v) is 8.98. The molecule has 2 N–H and O–H groups in total. The standard InChI is InChI=1S/C21H25F3N2O5/c1-11-3-15(27)5-13(25-11)10-30-16-4-12-9-31-19(28)26(14-7-20(2,29)8-14)18(12)17(6-16)21(22,23)24/h4,6,11,13-14,25,29H,3,5,7-10H2,1-2H3/t11-,13-,14?,20?/m0/s1. The van der Waals surface area contributed by atoms with Crippen LogP contribution in [0.25, 0.3) is 0 Å². The Morgan fingerprint density at radius 3 is 2.61 bits per heavy atom. The molecule has 31 heavy (non-hydrogen) atoms. The van der Waals surface area contributed by atoms with Crippen molar-refractivity contribution in [2.45, 2.75) is 76.0 Å². The highest BCUT2D eigenvalue weighted by molar-refractivity contribution is 5.93. The van der Waals surface area contributed by atoms with Crippen LogP contribution in [0, 0.1) is 0 Å². The van der Waals surface area contributed by atoms with E-state index >= 15 is 0 Å². The highest BCUT2D eigenvalue weighted by atomic mass is 19.4. The lowest BCUT2D eigenvalue weighted by atomic mass is 9.76. The fourth-order valence-electron chi connectivity index (χ4n) is 4.65. The van der Waals surface area contributed by atoms with Crippen LogP contribution in [0.3, 0.4) is 0 Å². The van der Waals surface area contributed by atoms with E-state index < -0.39 is 29.5 Å². The quantitative estimate of drug-likeness (QED) is 0.745. The molecule has 0 bridgehead atoms. The Bertz CT molecular complexity index is 894. The van der Waals surface area contributed by atoms with E-state index in [1.807, 2.05) is 6.92 Å². The van der Waals surface area contributed by atoms with Gasteiger partial charge in [0.2, 0.25) is 0 Å². The minimum atomic E-state index is -4.72. The van der Waals surface area contributed by atoms with Gasteiger partial charge in [-0.2, -0.15) is 13.2 Å². The first kappa shape index (κ1) is 21.9. The number of rotatable bonds is 4. The highest BCUT2D eigenvalue weighted by Crippen LogP contribution is 2.47. The molecule has 1 aliphatic carbocycles. The maximum atomic E-state index is 14.0. The van der Waals surface area contributed by atoms with E-state index in [2.05, 4.69) is 5.32 Å². The average Bonchev–Trinajstić information content (AvgIpc) is 2.62. The zero-order chi connectivity index (χ0) is 22.6. The molecule has 1 amide bonds. The van der Waals surface area contributed by atoms with Gasteiger partial charge in [0.15, 0.2) is 0 Å². The fraction of sp³-hybridized carbons (Fsp3) is 0.619. The van der Waals surface area contributed by atoms with Crippen LogP contribution in [-0.4, -0.2) is 47.3 Å². The maximum Gasteiger partial charge on any atom is 0.418 e. The summed E-state index contributed by atoms with van der Waals surface area (Å²) in [4.78, 5) is 25.1. The summed E-state index contributed by atoms with van der Waals surface area (Å²) in [5.74, 6) is 0.0808. The van der Waals surface area contributed by atoms with Gasteiger partial charge in [0.1, 0.15) is 24.7 Å². The first-order valence-corrected chi connectivity index (χ1v) is 10.3. The fourth-order valence-corrected chi connectivity index (χ4v) is 4.65. The number of alkyl halides is 3. The Morgan fingerprint density at radius 1 is 1.29 bits per heavy atom. The van der Waals surface area contributed by atoms with E-state index in [0.717, 1.165) is 11.0 Å². The molecular formula is C21H25F3N2O5. The maximum absolute atomic E-state index is 14.0. The molecule has 2 atom stereocenters. The van der Waals surface area contributed by atoms with Crippen molar-refractivity contribution in [3.63, 3.8) is 0 Å². The number of cyclic esters (lactones) is 1. The lowest BCUT2D eigenvalue weighted by molar-refractivity contribution is -0.137. The Hall–Kier alpha value is -2.33. The highest BCUT2D eigenvalue weighted by Gasteiger charge is 2.49. The van der Waals surface area contributed by atoms with Crippen LogP contribution in [0.4, 0.5) is 23.7 Å². The van der Waals surface area contributed by atoms with Gasteiger partial charge in [0.25, 0.3) is 0 Å². The van der Waals surface area contributed by atoms with Gasteiger partial charge in [0, 0.05) is 36.5 Å². The van der Waals surface area contributed by atoms with E-state index in [9.17, 15) is 27.9 Å². The second kappa shape index (κ2) is 7.67. The van der Waals surface area contributed by atoms with Crippen LogP contribution >= 0.6 is 0 Å². The summed E-state index contributed by atoms with van der Waals surface area (Å²) in [6.07, 6.45) is -4.57. The zero-order valence-electron chi connectivity index (χ0n) is 17.3. The van der Waals surface area contributed by atoms with Crippen LogP contribution in [0.15, 0.2) is 12.1 Å². The summed E-state index contributed by atoms with van der Waals surface area (Å²) in [5.41, 5.74) is -2.05. The summed E-state index contributed by atoms with van der Waals surface area (Å²) in [6.45, 7) is 3.18. The van der Waals surface area contributed by atoms with Crippen molar-refractivity contribution >= 4 is 17.6 Å². The van der Waals surface area contributed by atoms with Crippen molar-refractivity contribution in [2.75, 3.05) is 11.5 Å². The number of ketones is 1. The summed E-state index contributed by atoms with van der Waals surface area (Å²) in [5, 5.41) is 13.2. The molecule has 4 rings (SSSR count). The summed E-state index contributed by atoms with van der Waals surface area (Å²) in [7, 11) is 0. The van der Waals surface area contributed by atoms with Gasteiger partial charge in [-0.05, 0) is 38.8 Å². The van der Waals surface area contributed by atoms with E-state index in [-0.39, 0.29) is 67.3 Å². The molecule has 1 aromatic rings. The number of piperidine rings is 1. The van der Waals surface area contributed by atoms with Crippen LogP contribution in [0.5, 0.6) is 5.75 Å². The molecule has 2 fully saturated rings. The van der Waals surface area contributed by atoms with Crippen molar-refractivity contribution in [1.82, 2.24) is 5.32 Å². The molecule has 1 aromatic carbocycles. The van der Waals surface area contributed by atoms with Crippen molar-refractivity contribution in [1.29, 1.82) is 0 Å². The lowest BCUT2D eigenvalue weighted by Gasteiger charge is -2.48. The normalized spacial score (nSPS) is 31.0. The SMILES string of the molecule is C[C@H]1CC(=O)C[C@@H](COc2cc3c(c(C(F)(F)F)c2)N(C2CC(C)(O)C2)C(=O)OC3)N1. The lowest BCUT2D eigenvalue weighted by Crippen LogP contribution is -2.57. The third-order valence-corrected chi connectivity index (χ3v) is 5.95. The molecule has 7 nitrogen and oxygen atoms in total. The molecule has 0 aromatic heterocycles. The van der Waals surface area contributed by atoms with Crippen molar-refractivity contribution < 1.29 is 37.3 Å². The number of amides is 1. The van der Waals surface area contributed by atoms with E-state index in [0.29, 0.717) is 6.42 Å². The summed E-state index contributed by atoms with van der Waals surface area (Å²) in [6, 6.07) is 1.45. The van der Waals surface area contributed by atoms with Crippen LogP contribution in [0.1, 0.15) is 50.7 Å². The number of carbonyl (C=O) groups excluding carboxylic acids is 2. The smallest absolute Gasteiger partial charge is 0.418 e. The van der Waals surface area contributed by atoms with Crippen molar-refractivity contribution in [3.8, 4) is 5.75 Å². The number of Topliss-reactive ketones (excluding diaryl/α,β-unsaturated/α-hetero) is 1. The first-order valence-electron chi connectivity index (χ1n) is 10.3. The number of hydrogen-bond donors (Lipinski definition) is 2. The molecule has 170 valence electrons. The second-order valence-electron chi connectivity index (χ2n) is 8.98. The third-order valence-electron chi connectivity index (χ3n) is 5.95.